The summed E-state index contributed by atoms with van der Waals surface area (Å²) in [6.45, 7) is 13.8. The van der Waals surface area contributed by atoms with E-state index in [2.05, 4.69) is 5.32 Å². The molecular weight excluding hydrogens is 292 g/mol. The Labute approximate surface area is 141 Å². The van der Waals surface area contributed by atoms with E-state index in [0.717, 1.165) is 38.8 Å². The first-order chi connectivity index (χ1) is 10.5. The summed E-state index contributed by atoms with van der Waals surface area (Å²) in [7, 11) is 0. The number of ether oxygens (including phenoxy) is 1. The van der Waals surface area contributed by atoms with Crippen LogP contribution in [0.5, 0.6) is 0 Å². The molecule has 0 saturated carbocycles. The van der Waals surface area contributed by atoms with Crippen molar-refractivity contribution in [2.75, 3.05) is 19.6 Å². The number of nitrogens with one attached hydrogen (secondary N) is 1. The number of rotatable bonds is 5. The van der Waals surface area contributed by atoms with Crippen LogP contribution in [-0.2, 0) is 9.53 Å². The molecule has 5 nitrogen and oxygen atoms in total. The van der Waals surface area contributed by atoms with Gasteiger partial charge in [0.05, 0.1) is 0 Å². The second kappa shape index (κ2) is 8.02. The van der Waals surface area contributed by atoms with Gasteiger partial charge in [0.25, 0.3) is 0 Å². The van der Waals surface area contributed by atoms with E-state index in [0.29, 0.717) is 12.5 Å². The quantitative estimate of drug-likeness (QED) is 0.840. The Bertz CT molecular complexity index is 413. The molecule has 0 aromatic carbocycles. The van der Waals surface area contributed by atoms with E-state index in [4.69, 9.17) is 4.74 Å². The molecule has 1 aliphatic rings. The summed E-state index contributed by atoms with van der Waals surface area (Å²) in [4.78, 5) is 26.0. The second-order valence-electron chi connectivity index (χ2n) is 8.22. The summed E-state index contributed by atoms with van der Waals surface area (Å²) < 4.78 is 5.44. The predicted molar refractivity (Wildman–Crippen MR) is 92.2 cm³/mol. The van der Waals surface area contributed by atoms with Gasteiger partial charge in [0.15, 0.2) is 0 Å². The van der Waals surface area contributed by atoms with Gasteiger partial charge in [-0.05, 0) is 52.4 Å². The third-order valence-corrected chi connectivity index (χ3v) is 4.51. The highest BCUT2D eigenvalue weighted by molar-refractivity contribution is 5.81. The molecule has 1 saturated heterocycles. The largest absolute Gasteiger partial charge is 0.444 e. The summed E-state index contributed by atoms with van der Waals surface area (Å²) >= 11 is 0. The third kappa shape index (κ3) is 6.80. The molecule has 5 heteroatoms. The molecule has 0 spiro atoms. The molecule has 1 aliphatic heterocycles. The minimum atomic E-state index is -0.455. The summed E-state index contributed by atoms with van der Waals surface area (Å²) in [6, 6.07) is 0. The topological polar surface area (TPSA) is 58.6 Å². The van der Waals surface area contributed by atoms with Crippen LogP contribution in [0.1, 0.15) is 67.2 Å². The monoisotopic (exact) mass is 326 g/mol. The average molecular weight is 326 g/mol. The van der Waals surface area contributed by atoms with Crippen molar-refractivity contribution < 1.29 is 14.3 Å². The van der Waals surface area contributed by atoms with Crippen LogP contribution < -0.4 is 5.32 Å². The van der Waals surface area contributed by atoms with Gasteiger partial charge in [0, 0.05) is 25.0 Å². The third-order valence-electron chi connectivity index (χ3n) is 4.51. The van der Waals surface area contributed by atoms with Crippen molar-refractivity contribution in [3.05, 3.63) is 0 Å². The SMILES string of the molecule is CCC(C)(C)C(=O)NCCC1CCCN(C(=O)OC(C)(C)C)C1. The molecule has 1 fully saturated rings. The lowest BCUT2D eigenvalue weighted by atomic mass is 9.89. The first kappa shape index (κ1) is 19.8. The smallest absolute Gasteiger partial charge is 0.410 e. The van der Waals surface area contributed by atoms with Gasteiger partial charge in [-0.2, -0.15) is 0 Å². The van der Waals surface area contributed by atoms with Gasteiger partial charge in [0.2, 0.25) is 5.91 Å². The van der Waals surface area contributed by atoms with Crippen LogP contribution in [0, 0.1) is 11.3 Å². The normalized spacial score (nSPS) is 19.4. The lowest BCUT2D eigenvalue weighted by Gasteiger charge is -2.34. The van der Waals surface area contributed by atoms with Crippen molar-refractivity contribution in [1.82, 2.24) is 10.2 Å². The number of likely N-dealkylation sites (tertiary alicyclic amines) is 1. The predicted octanol–water partition coefficient (Wildman–Crippen LogP) is 3.58. The fourth-order valence-electron chi connectivity index (χ4n) is 2.58. The Morgan fingerprint density at radius 1 is 1.22 bits per heavy atom. The standard InChI is InChI=1S/C18H34N2O3/c1-7-18(5,6)15(21)19-11-10-14-9-8-12-20(13-14)16(22)23-17(2,3)4/h14H,7-13H2,1-6H3,(H,19,21). The molecule has 23 heavy (non-hydrogen) atoms. The number of carbonyl (C=O) groups is 2. The molecule has 1 atom stereocenters. The Hall–Kier alpha value is -1.26. The molecule has 0 radical (unpaired) electrons. The highest BCUT2D eigenvalue weighted by atomic mass is 16.6. The van der Waals surface area contributed by atoms with Gasteiger partial charge >= 0.3 is 6.09 Å². The van der Waals surface area contributed by atoms with Crippen molar-refractivity contribution in [2.45, 2.75) is 72.8 Å². The number of nitrogens with zero attached hydrogens (tertiary/aromatic N) is 1. The van der Waals surface area contributed by atoms with E-state index < -0.39 is 5.60 Å². The van der Waals surface area contributed by atoms with Crippen molar-refractivity contribution >= 4 is 12.0 Å². The number of piperidine rings is 1. The molecule has 134 valence electrons. The maximum absolute atomic E-state index is 12.1. The van der Waals surface area contributed by atoms with Crippen LogP contribution in [0.4, 0.5) is 4.79 Å². The van der Waals surface area contributed by atoms with Crippen LogP contribution in [0.3, 0.4) is 0 Å². The minimum absolute atomic E-state index is 0.111. The lowest BCUT2D eigenvalue weighted by molar-refractivity contribution is -0.129. The van der Waals surface area contributed by atoms with E-state index >= 15 is 0 Å². The van der Waals surface area contributed by atoms with Crippen LogP contribution in [0.2, 0.25) is 0 Å². The first-order valence-electron chi connectivity index (χ1n) is 8.81. The number of hydrogen-bond donors (Lipinski definition) is 1. The molecule has 0 aliphatic carbocycles. The summed E-state index contributed by atoms with van der Waals surface area (Å²) in [5.74, 6) is 0.543. The zero-order valence-electron chi connectivity index (χ0n) is 15.7. The minimum Gasteiger partial charge on any atom is -0.444 e. The van der Waals surface area contributed by atoms with Crippen molar-refractivity contribution in [2.24, 2.45) is 11.3 Å². The fourth-order valence-corrected chi connectivity index (χ4v) is 2.58. The number of amides is 2. The maximum Gasteiger partial charge on any atom is 0.410 e. The van der Waals surface area contributed by atoms with Crippen LogP contribution in [0.25, 0.3) is 0 Å². The summed E-state index contributed by atoms with van der Waals surface area (Å²) in [5, 5.41) is 3.03. The summed E-state index contributed by atoms with van der Waals surface area (Å²) in [6.07, 6.45) is 3.61. The van der Waals surface area contributed by atoms with Crippen molar-refractivity contribution in [3.8, 4) is 0 Å². The van der Waals surface area contributed by atoms with Gasteiger partial charge in [0.1, 0.15) is 5.60 Å². The second-order valence-corrected chi connectivity index (χ2v) is 8.22. The zero-order chi connectivity index (χ0) is 17.7. The molecule has 0 aromatic rings. The molecule has 0 bridgehead atoms. The number of carbonyl (C=O) groups excluding carboxylic acids is 2. The van der Waals surface area contributed by atoms with Gasteiger partial charge in [-0.1, -0.05) is 20.8 Å². The van der Waals surface area contributed by atoms with Crippen molar-refractivity contribution in [1.29, 1.82) is 0 Å². The Morgan fingerprint density at radius 2 is 1.87 bits per heavy atom. The molecule has 1 heterocycles. The molecule has 1 unspecified atom stereocenters. The number of hydrogen-bond acceptors (Lipinski definition) is 3. The van der Waals surface area contributed by atoms with Gasteiger partial charge in [-0.15, -0.1) is 0 Å². The van der Waals surface area contributed by atoms with Crippen LogP contribution in [-0.4, -0.2) is 42.1 Å². The van der Waals surface area contributed by atoms with E-state index in [9.17, 15) is 9.59 Å². The molecule has 1 rings (SSSR count). The van der Waals surface area contributed by atoms with E-state index in [-0.39, 0.29) is 17.4 Å². The van der Waals surface area contributed by atoms with Gasteiger partial charge in [-0.25, -0.2) is 4.79 Å². The molecule has 2 amide bonds. The zero-order valence-corrected chi connectivity index (χ0v) is 15.7. The van der Waals surface area contributed by atoms with Crippen molar-refractivity contribution in [3.63, 3.8) is 0 Å². The molecular formula is C18H34N2O3. The fraction of sp³-hybridized carbons (Fsp3) is 0.889. The molecule has 1 N–H and O–H groups in total. The summed E-state index contributed by atoms with van der Waals surface area (Å²) in [5.41, 5.74) is -0.765. The van der Waals surface area contributed by atoms with Crippen LogP contribution in [0.15, 0.2) is 0 Å². The highest BCUT2D eigenvalue weighted by Crippen LogP contribution is 2.22. The first-order valence-corrected chi connectivity index (χ1v) is 8.81. The Kier molecular flexibility index (Phi) is 6.90. The average Bonchev–Trinajstić information content (AvgIpc) is 2.45. The van der Waals surface area contributed by atoms with Gasteiger partial charge in [-0.3, -0.25) is 4.79 Å². The van der Waals surface area contributed by atoms with E-state index in [1.165, 1.54) is 0 Å². The van der Waals surface area contributed by atoms with Gasteiger partial charge < -0.3 is 15.0 Å². The maximum atomic E-state index is 12.1. The Balaban J connectivity index is 2.39. The van der Waals surface area contributed by atoms with Crippen LogP contribution >= 0.6 is 0 Å². The Morgan fingerprint density at radius 3 is 2.43 bits per heavy atom. The lowest BCUT2D eigenvalue weighted by Crippen LogP contribution is -2.44. The van der Waals surface area contributed by atoms with E-state index in [1.54, 1.807) is 4.90 Å². The molecule has 0 aromatic heterocycles. The van der Waals surface area contributed by atoms with E-state index in [1.807, 2.05) is 41.5 Å². The highest BCUT2D eigenvalue weighted by Gasteiger charge is 2.28.